The average Bonchev–Trinajstić information content (AvgIpc) is 3.34. The number of pyridine rings is 1. The molecule has 2 amide bonds. The Balaban J connectivity index is 0.000000367. The maximum atomic E-state index is 12.5. The number of primary amides is 1. The van der Waals surface area contributed by atoms with Crippen molar-refractivity contribution in [2.24, 2.45) is 12.8 Å². The SMILES string of the molecule is Cc1cc(-c2ccnc(Nc3cnn(C)c3)n2)ccc1CCC(=O)N1CC(OC(C)C)C1.NC(=O)c1cccnc1. The summed E-state index contributed by atoms with van der Waals surface area (Å²) >= 11 is 0. The molecule has 5 rings (SSSR count). The molecule has 11 nitrogen and oxygen atoms in total. The second-order valence-corrected chi connectivity index (χ2v) is 10.1. The van der Waals surface area contributed by atoms with Crippen molar-refractivity contribution in [1.82, 2.24) is 29.6 Å². The highest BCUT2D eigenvalue weighted by atomic mass is 16.5. The van der Waals surface area contributed by atoms with Crippen LogP contribution in [0, 0.1) is 6.92 Å². The van der Waals surface area contributed by atoms with E-state index in [1.54, 1.807) is 35.4 Å². The van der Waals surface area contributed by atoms with Crippen LogP contribution in [0.5, 0.6) is 0 Å². The normalized spacial score (nSPS) is 12.9. The number of nitrogens with one attached hydrogen (secondary N) is 1. The first kappa shape index (κ1) is 29.3. The van der Waals surface area contributed by atoms with Gasteiger partial charge in [-0.2, -0.15) is 5.10 Å². The summed E-state index contributed by atoms with van der Waals surface area (Å²) in [6.07, 6.45) is 10.00. The summed E-state index contributed by atoms with van der Waals surface area (Å²) in [6.45, 7) is 7.54. The van der Waals surface area contributed by atoms with E-state index in [4.69, 9.17) is 10.5 Å². The molecule has 0 unspecified atom stereocenters. The maximum Gasteiger partial charge on any atom is 0.250 e. The van der Waals surface area contributed by atoms with Crippen LogP contribution in [-0.2, 0) is 23.0 Å². The summed E-state index contributed by atoms with van der Waals surface area (Å²) in [5.74, 6) is 0.277. The molecule has 0 radical (unpaired) electrons. The van der Waals surface area contributed by atoms with Crippen LogP contribution in [0.3, 0.4) is 0 Å². The van der Waals surface area contributed by atoms with Gasteiger partial charge in [-0.25, -0.2) is 9.97 Å². The van der Waals surface area contributed by atoms with Gasteiger partial charge in [0.15, 0.2) is 0 Å². The number of anilines is 2. The summed E-state index contributed by atoms with van der Waals surface area (Å²) in [6, 6.07) is 11.4. The van der Waals surface area contributed by atoms with Gasteiger partial charge in [-0.1, -0.05) is 12.1 Å². The Morgan fingerprint density at radius 1 is 1.15 bits per heavy atom. The van der Waals surface area contributed by atoms with E-state index in [0.717, 1.165) is 28.9 Å². The lowest BCUT2D eigenvalue weighted by Gasteiger charge is -2.40. The van der Waals surface area contributed by atoms with Crippen molar-refractivity contribution in [1.29, 1.82) is 0 Å². The second kappa shape index (κ2) is 13.6. The van der Waals surface area contributed by atoms with Crippen molar-refractivity contribution in [3.63, 3.8) is 0 Å². The number of nitrogens with zero attached hydrogens (tertiary/aromatic N) is 6. The van der Waals surface area contributed by atoms with Gasteiger partial charge in [-0.15, -0.1) is 0 Å². The van der Waals surface area contributed by atoms with Gasteiger partial charge in [0.1, 0.15) is 0 Å². The Morgan fingerprint density at radius 2 is 1.95 bits per heavy atom. The molecule has 1 aliphatic heterocycles. The second-order valence-electron chi connectivity index (χ2n) is 10.1. The molecule has 4 aromatic rings. The molecule has 0 saturated carbocycles. The van der Waals surface area contributed by atoms with Gasteiger partial charge in [-0.05, 0) is 62.6 Å². The van der Waals surface area contributed by atoms with Crippen molar-refractivity contribution in [3.05, 3.63) is 84.1 Å². The number of aryl methyl sites for hydroxylation is 3. The highest BCUT2D eigenvalue weighted by molar-refractivity contribution is 5.92. The van der Waals surface area contributed by atoms with Crippen molar-refractivity contribution in [2.75, 3.05) is 18.4 Å². The van der Waals surface area contributed by atoms with Crippen molar-refractivity contribution >= 4 is 23.5 Å². The molecule has 4 heterocycles. The third-order valence-electron chi connectivity index (χ3n) is 6.47. The highest BCUT2D eigenvalue weighted by Crippen LogP contribution is 2.24. The van der Waals surface area contributed by atoms with Crippen LogP contribution in [0.4, 0.5) is 11.6 Å². The third-order valence-corrected chi connectivity index (χ3v) is 6.47. The number of carbonyl (C=O) groups is 2. The molecule has 11 heteroatoms. The fourth-order valence-electron chi connectivity index (χ4n) is 4.35. The van der Waals surface area contributed by atoms with Crippen molar-refractivity contribution < 1.29 is 14.3 Å². The fraction of sp³-hybridized carbons (Fsp3) is 0.333. The molecule has 3 aromatic heterocycles. The summed E-state index contributed by atoms with van der Waals surface area (Å²) in [5, 5.41) is 7.32. The first-order valence-electron chi connectivity index (χ1n) is 13.5. The number of benzene rings is 1. The molecule has 0 spiro atoms. The zero-order chi connectivity index (χ0) is 29.4. The van der Waals surface area contributed by atoms with Crippen LogP contribution >= 0.6 is 0 Å². The lowest BCUT2D eigenvalue weighted by molar-refractivity contribution is -0.148. The van der Waals surface area contributed by atoms with Gasteiger partial charge >= 0.3 is 0 Å². The summed E-state index contributed by atoms with van der Waals surface area (Å²) < 4.78 is 7.45. The Hall–Kier alpha value is -4.64. The van der Waals surface area contributed by atoms with Crippen LogP contribution in [0.2, 0.25) is 0 Å². The van der Waals surface area contributed by atoms with Gasteiger partial charge in [0.05, 0.1) is 35.3 Å². The average molecular weight is 557 g/mol. The number of ether oxygens (including phenoxy) is 1. The molecule has 1 fully saturated rings. The quantitative estimate of drug-likeness (QED) is 0.318. The first-order chi connectivity index (χ1) is 19.7. The highest BCUT2D eigenvalue weighted by Gasteiger charge is 2.31. The Labute approximate surface area is 239 Å². The van der Waals surface area contributed by atoms with E-state index in [1.165, 1.54) is 11.8 Å². The Kier molecular flexibility index (Phi) is 9.75. The van der Waals surface area contributed by atoms with Crippen LogP contribution in [0.15, 0.2) is 67.4 Å². The summed E-state index contributed by atoms with van der Waals surface area (Å²) in [4.78, 5) is 37.4. The van der Waals surface area contributed by atoms with Crippen molar-refractivity contribution in [3.8, 4) is 11.3 Å². The lowest BCUT2D eigenvalue weighted by atomic mass is 9.99. The fourth-order valence-corrected chi connectivity index (χ4v) is 4.35. The van der Waals surface area contributed by atoms with Gasteiger partial charge in [-0.3, -0.25) is 19.3 Å². The van der Waals surface area contributed by atoms with Crippen molar-refractivity contribution in [2.45, 2.75) is 45.8 Å². The largest absolute Gasteiger partial charge is 0.372 e. The van der Waals surface area contributed by atoms with Gasteiger partial charge in [0, 0.05) is 56.9 Å². The van der Waals surface area contributed by atoms with Crippen LogP contribution in [0.1, 0.15) is 41.8 Å². The topological polar surface area (TPSA) is 141 Å². The number of hydrogen-bond donors (Lipinski definition) is 2. The predicted octanol–water partition coefficient (Wildman–Crippen LogP) is 3.68. The molecule has 1 aromatic carbocycles. The number of likely N-dealkylation sites (tertiary alicyclic amines) is 1. The lowest BCUT2D eigenvalue weighted by Crippen LogP contribution is -2.55. The third kappa shape index (κ3) is 8.42. The maximum absolute atomic E-state index is 12.5. The summed E-state index contributed by atoms with van der Waals surface area (Å²) in [7, 11) is 1.86. The number of hydrogen-bond acceptors (Lipinski definition) is 8. The van der Waals surface area contributed by atoms with Gasteiger partial charge in [0.25, 0.3) is 0 Å². The minimum absolute atomic E-state index is 0.186. The van der Waals surface area contributed by atoms with Crippen LogP contribution < -0.4 is 11.1 Å². The van der Waals surface area contributed by atoms with E-state index in [-0.39, 0.29) is 18.1 Å². The molecule has 1 aliphatic rings. The minimum atomic E-state index is -0.442. The molecular weight excluding hydrogens is 520 g/mol. The molecule has 0 bridgehead atoms. The monoisotopic (exact) mass is 556 g/mol. The summed E-state index contributed by atoms with van der Waals surface area (Å²) in [5.41, 5.74) is 10.4. The molecular formula is C30H36N8O3. The first-order valence-corrected chi connectivity index (χ1v) is 13.5. The number of nitrogens with two attached hydrogens (primary N) is 1. The number of amides is 2. The molecule has 41 heavy (non-hydrogen) atoms. The van der Waals surface area contributed by atoms with E-state index < -0.39 is 5.91 Å². The van der Waals surface area contributed by atoms with E-state index in [1.807, 2.05) is 38.1 Å². The standard InChI is InChI=1S/C24H30N6O2.C6H6N2O/c1-16(2)32-21-14-30(15-21)23(31)8-7-18-5-6-19(11-17(18)3)22-9-10-25-24(28-22)27-20-12-26-29(4)13-20;7-6(9)5-2-1-3-8-4-5/h5-6,9-13,16,21H,7-8,14-15H2,1-4H3,(H,25,27,28);1-4H,(H2,7,9). The van der Waals surface area contributed by atoms with Crippen LogP contribution in [-0.4, -0.2) is 66.7 Å². The van der Waals surface area contributed by atoms with Crippen LogP contribution in [0.25, 0.3) is 11.3 Å². The van der Waals surface area contributed by atoms with Gasteiger partial charge in [0.2, 0.25) is 17.8 Å². The number of aromatic nitrogens is 5. The Morgan fingerprint density at radius 3 is 2.56 bits per heavy atom. The molecule has 0 aliphatic carbocycles. The van der Waals surface area contributed by atoms with E-state index in [0.29, 0.717) is 31.0 Å². The zero-order valence-corrected chi connectivity index (χ0v) is 23.8. The molecule has 0 atom stereocenters. The number of rotatable bonds is 9. The van der Waals surface area contributed by atoms with Gasteiger partial charge < -0.3 is 20.7 Å². The smallest absolute Gasteiger partial charge is 0.250 e. The molecule has 214 valence electrons. The predicted molar refractivity (Wildman–Crippen MR) is 156 cm³/mol. The zero-order valence-electron chi connectivity index (χ0n) is 23.8. The Bertz CT molecular complexity index is 1470. The van der Waals surface area contributed by atoms with E-state index >= 15 is 0 Å². The minimum Gasteiger partial charge on any atom is -0.372 e. The molecule has 3 N–H and O–H groups in total. The molecule has 1 saturated heterocycles. The number of carbonyl (C=O) groups excluding carboxylic acids is 2. The van der Waals surface area contributed by atoms with E-state index in [2.05, 4.69) is 50.5 Å². The van der Waals surface area contributed by atoms with E-state index in [9.17, 15) is 9.59 Å².